The van der Waals surface area contributed by atoms with E-state index in [9.17, 15) is 9.59 Å². The first-order valence-corrected chi connectivity index (χ1v) is 13.9. The van der Waals surface area contributed by atoms with Crippen molar-refractivity contribution in [1.29, 1.82) is 0 Å². The predicted octanol–water partition coefficient (Wildman–Crippen LogP) is 5.15. The lowest BCUT2D eigenvalue weighted by Gasteiger charge is -2.35. The molecule has 0 aromatic heterocycles. The number of methoxy groups -OCH3 is 1. The Labute approximate surface area is 188 Å². The van der Waals surface area contributed by atoms with E-state index >= 15 is 0 Å². The van der Waals surface area contributed by atoms with Crippen LogP contribution in [0.2, 0.25) is 18.1 Å². The van der Waals surface area contributed by atoms with Gasteiger partial charge in [-0.15, -0.1) is 0 Å². The van der Waals surface area contributed by atoms with Crippen molar-refractivity contribution in [3.63, 3.8) is 0 Å². The van der Waals surface area contributed by atoms with Crippen molar-refractivity contribution >= 4 is 20.6 Å². The number of hydrogen-bond acceptors (Lipinski definition) is 6. The van der Waals surface area contributed by atoms with Crippen molar-refractivity contribution < 1.29 is 28.2 Å². The molecule has 1 aromatic carbocycles. The second-order valence-electron chi connectivity index (χ2n) is 8.13. The molecule has 0 amide bonds. The fraction of sp³-hybridized carbons (Fsp3) is 0.667. The molecule has 0 spiro atoms. The molecule has 6 nitrogen and oxygen atoms in total. The molecule has 0 unspecified atom stereocenters. The Morgan fingerprint density at radius 2 is 1.71 bits per heavy atom. The van der Waals surface area contributed by atoms with Crippen LogP contribution in [-0.2, 0) is 30.1 Å². The van der Waals surface area contributed by atoms with Gasteiger partial charge >= 0.3 is 5.97 Å². The lowest BCUT2D eigenvalue weighted by Crippen LogP contribution is -2.46. The summed E-state index contributed by atoms with van der Waals surface area (Å²) in [6.07, 6.45) is 1.32. The van der Waals surface area contributed by atoms with Crippen LogP contribution < -0.4 is 4.74 Å². The molecule has 0 aliphatic rings. The van der Waals surface area contributed by atoms with Crippen LogP contribution in [0.3, 0.4) is 0 Å². The highest BCUT2D eigenvalue weighted by molar-refractivity contribution is 6.73. The van der Waals surface area contributed by atoms with Gasteiger partial charge in [0, 0.05) is 6.92 Å². The third-order valence-corrected chi connectivity index (χ3v) is 10.6. The Morgan fingerprint density at radius 1 is 1.10 bits per heavy atom. The Bertz CT molecular complexity index is 636. The average molecular weight is 453 g/mol. The fourth-order valence-corrected chi connectivity index (χ4v) is 6.40. The van der Waals surface area contributed by atoms with E-state index in [1.165, 1.54) is 6.92 Å². The molecule has 0 bridgehead atoms. The summed E-state index contributed by atoms with van der Waals surface area (Å²) < 4.78 is 23.0. The van der Waals surface area contributed by atoms with Crippen molar-refractivity contribution in [2.45, 2.75) is 84.4 Å². The second-order valence-corrected chi connectivity index (χ2v) is 12.9. The van der Waals surface area contributed by atoms with Gasteiger partial charge in [-0.3, -0.25) is 4.79 Å². The van der Waals surface area contributed by atoms with Crippen LogP contribution in [-0.4, -0.2) is 46.5 Å². The van der Waals surface area contributed by atoms with Gasteiger partial charge in [0.15, 0.2) is 8.32 Å². The van der Waals surface area contributed by atoms with E-state index in [1.807, 2.05) is 24.3 Å². The summed E-state index contributed by atoms with van der Waals surface area (Å²) in [5, 5.41) is 0. The maximum Gasteiger partial charge on any atom is 0.302 e. The Balaban J connectivity index is 2.91. The first-order valence-electron chi connectivity index (χ1n) is 11.3. The number of esters is 1. The van der Waals surface area contributed by atoms with E-state index < -0.39 is 14.4 Å². The number of benzene rings is 1. The van der Waals surface area contributed by atoms with Gasteiger partial charge in [-0.1, -0.05) is 39.8 Å². The van der Waals surface area contributed by atoms with Crippen LogP contribution in [0, 0.1) is 5.92 Å². The first-order chi connectivity index (χ1) is 14.8. The van der Waals surface area contributed by atoms with Gasteiger partial charge in [0.25, 0.3) is 0 Å². The summed E-state index contributed by atoms with van der Waals surface area (Å²) in [5.41, 5.74) is 1.01. The summed E-state index contributed by atoms with van der Waals surface area (Å²) in [7, 11) is -0.338. The molecule has 3 atom stereocenters. The lowest BCUT2D eigenvalue weighted by atomic mass is 9.97. The van der Waals surface area contributed by atoms with Gasteiger partial charge < -0.3 is 23.4 Å². The lowest BCUT2D eigenvalue weighted by molar-refractivity contribution is -0.141. The standard InChI is InChI=1S/C24H40O6Si/c1-7-31(8-2,9-3)30-24(17-25)23(16-19(4)14-15-28-20(5)26)29-18-21-10-12-22(27-6)13-11-21/h10-13,17,19,23-24H,7-9,14-16,18H2,1-6H3/t19-,23-,24+/m0/s1. The molecular weight excluding hydrogens is 412 g/mol. The number of ether oxygens (including phenoxy) is 3. The number of aldehydes is 1. The average Bonchev–Trinajstić information content (AvgIpc) is 2.78. The van der Waals surface area contributed by atoms with Crippen molar-refractivity contribution in [2.24, 2.45) is 5.92 Å². The fourth-order valence-electron chi connectivity index (χ4n) is 3.62. The zero-order valence-corrected chi connectivity index (χ0v) is 21.0. The monoisotopic (exact) mass is 452 g/mol. The molecule has 1 aromatic rings. The quantitative estimate of drug-likeness (QED) is 0.196. The third-order valence-electron chi connectivity index (χ3n) is 5.99. The molecule has 0 fully saturated rings. The first kappa shape index (κ1) is 27.3. The van der Waals surface area contributed by atoms with E-state index in [2.05, 4.69) is 27.7 Å². The second kappa shape index (κ2) is 14.4. The highest BCUT2D eigenvalue weighted by Gasteiger charge is 2.36. The zero-order valence-electron chi connectivity index (χ0n) is 20.0. The largest absolute Gasteiger partial charge is 0.497 e. The number of hydrogen-bond donors (Lipinski definition) is 0. The third kappa shape index (κ3) is 9.54. The maximum atomic E-state index is 12.1. The molecule has 0 heterocycles. The Hall–Kier alpha value is -1.70. The van der Waals surface area contributed by atoms with Crippen molar-refractivity contribution in [3.05, 3.63) is 29.8 Å². The summed E-state index contributed by atoms with van der Waals surface area (Å²) in [6.45, 7) is 10.7. The van der Waals surface area contributed by atoms with Crippen LogP contribution in [0.5, 0.6) is 5.75 Å². The molecule has 0 radical (unpaired) electrons. The smallest absolute Gasteiger partial charge is 0.302 e. The summed E-state index contributed by atoms with van der Waals surface area (Å²) >= 11 is 0. The van der Waals surface area contributed by atoms with Crippen molar-refractivity contribution in [1.82, 2.24) is 0 Å². The molecule has 1 rings (SSSR count). The highest BCUT2D eigenvalue weighted by atomic mass is 28.4. The van der Waals surface area contributed by atoms with Crippen molar-refractivity contribution in [2.75, 3.05) is 13.7 Å². The van der Waals surface area contributed by atoms with Gasteiger partial charge in [0.05, 0.1) is 26.4 Å². The van der Waals surface area contributed by atoms with Crippen LogP contribution in [0.4, 0.5) is 0 Å². The van der Waals surface area contributed by atoms with E-state index in [-0.39, 0.29) is 18.0 Å². The molecule has 176 valence electrons. The number of rotatable bonds is 16. The normalized spacial score (nSPS) is 14.5. The number of carbonyl (C=O) groups excluding carboxylic acids is 2. The molecule has 0 N–H and O–H groups in total. The summed E-state index contributed by atoms with van der Waals surface area (Å²) in [6, 6.07) is 10.6. The molecule has 7 heteroatoms. The van der Waals surface area contributed by atoms with Gasteiger partial charge in [0.2, 0.25) is 0 Å². The van der Waals surface area contributed by atoms with E-state index in [0.29, 0.717) is 26.1 Å². The minimum absolute atomic E-state index is 0.215. The molecular formula is C24H40O6Si. The van der Waals surface area contributed by atoms with E-state index in [0.717, 1.165) is 35.7 Å². The highest BCUT2D eigenvalue weighted by Crippen LogP contribution is 2.27. The van der Waals surface area contributed by atoms with Crippen molar-refractivity contribution in [3.8, 4) is 5.75 Å². The maximum absolute atomic E-state index is 12.1. The van der Waals surface area contributed by atoms with E-state index in [4.69, 9.17) is 18.6 Å². The van der Waals surface area contributed by atoms with Gasteiger partial charge in [0.1, 0.15) is 18.1 Å². The van der Waals surface area contributed by atoms with Crippen LogP contribution in [0.1, 0.15) is 53.0 Å². The molecule has 0 aliphatic carbocycles. The van der Waals surface area contributed by atoms with Crippen LogP contribution in [0.25, 0.3) is 0 Å². The van der Waals surface area contributed by atoms with Crippen LogP contribution >= 0.6 is 0 Å². The molecule has 0 aliphatic heterocycles. The van der Waals surface area contributed by atoms with Gasteiger partial charge in [-0.25, -0.2) is 0 Å². The SMILES string of the molecule is CC[Si](CC)(CC)O[C@H](C=O)[C@H](C[C@@H](C)CCOC(C)=O)OCc1ccc(OC)cc1. The summed E-state index contributed by atoms with van der Waals surface area (Å²) in [5.74, 6) is 0.726. The Kier molecular flexibility index (Phi) is 12.7. The topological polar surface area (TPSA) is 71.1 Å². The van der Waals surface area contributed by atoms with Gasteiger partial charge in [-0.2, -0.15) is 0 Å². The molecule has 0 saturated heterocycles. The minimum atomic E-state index is -1.97. The molecule has 0 saturated carbocycles. The Morgan fingerprint density at radius 3 is 2.19 bits per heavy atom. The van der Waals surface area contributed by atoms with Crippen LogP contribution in [0.15, 0.2) is 24.3 Å². The van der Waals surface area contributed by atoms with Gasteiger partial charge in [-0.05, 0) is 54.6 Å². The minimum Gasteiger partial charge on any atom is -0.497 e. The zero-order chi connectivity index (χ0) is 23.3. The van der Waals surface area contributed by atoms with E-state index in [1.54, 1.807) is 7.11 Å². The predicted molar refractivity (Wildman–Crippen MR) is 125 cm³/mol. The summed E-state index contributed by atoms with van der Waals surface area (Å²) in [4.78, 5) is 23.1. The number of carbonyl (C=O) groups is 2. The molecule has 31 heavy (non-hydrogen) atoms.